The Balaban J connectivity index is 1.62. The van der Waals surface area contributed by atoms with Crippen molar-refractivity contribution < 1.29 is 18.4 Å². The van der Waals surface area contributed by atoms with Gasteiger partial charge in [0.1, 0.15) is 17.4 Å². The van der Waals surface area contributed by atoms with Crippen molar-refractivity contribution in [3.8, 4) is 0 Å². The Kier molecular flexibility index (Phi) is 4.22. The molecule has 0 amide bonds. The lowest BCUT2D eigenvalue weighted by atomic mass is 10.0. The summed E-state index contributed by atoms with van der Waals surface area (Å²) >= 11 is 0. The summed E-state index contributed by atoms with van der Waals surface area (Å²) < 4.78 is 31.8. The van der Waals surface area contributed by atoms with Gasteiger partial charge in [-0.1, -0.05) is 11.2 Å². The summed E-state index contributed by atoms with van der Waals surface area (Å²) in [6, 6.07) is 5.44. The molecule has 0 spiro atoms. The summed E-state index contributed by atoms with van der Waals surface area (Å²) in [5, 5.41) is 14.0. The molecule has 4 nitrogen and oxygen atoms in total. The van der Waals surface area contributed by atoms with Crippen molar-refractivity contribution in [3.63, 3.8) is 0 Å². The first-order valence-electron chi connectivity index (χ1n) is 7.28. The number of aliphatic hydroxyl groups excluding tert-OH is 1. The standard InChI is InChI=1S/C16H18F2N2O2/c1-10-4-14(22-19-10)5-12-8-20(9-16(12)21)7-11-2-3-13(17)6-15(11)18/h2-4,6,12,16,21H,5,7-9H2,1H3/t12-,16+/m1/s1. The van der Waals surface area contributed by atoms with Crippen LogP contribution in [0.1, 0.15) is 17.0 Å². The van der Waals surface area contributed by atoms with Gasteiger partial charge in [-0.2, -0.15) is 0 Å². The Morgan fingerprint density at radius 3 is 2.82 bits per heavy atom. The Bertz CT molecular complexity index is 659. The first-order valence-corrected chi connectivity index (χ1v) is 7.28. The molecule has 1 saturated heterocycles. The van der Waals surface area contributed by atoms with Gasteiger partial charge in [0, 0.05) is 49.7 Å². The van der Waals surface area contributed by atoms with Crippen molar-refractivity contribution >= 4 is 0 Å². The molecule has 0 saturated carbocycles. The molecular weight excluding hydrogens is 290 g/mol. The van der Waals surface area contributed by atoms with E-state index < -0.39 is 17.7 Å². The van der Waals surface area contributed by atoms with E-state index in [1.807, 2.05) is 17.9 Å². The fourth-order valence-corrected chi connectivity index (χ4v) is 2.93. The van der Waals surface area contributed by atoms with Gasteiger partial charge in [-0.15, -0.1) is 0 Å². The largest absolute Gasteiger partial charge is 0.391 e. The molecule has 118 valence electrons. The first-order chi connectivity index (χ1) is 10.5. The fraction of sp³-hybridized carbons (Fsp3) is 0.438. The Hall–Kier alpha value is -1.79. The highest BCUT2D eigenvalue weighted by Crippen LogP contribution is 2.24. The second-order valence-electron chi connectivity index (χ2n) is 5.90. The van der Waals surface area contributed by atoms with Gasteiger partial charge >= 0.3 is 0 Å². The fourth-order valence-electron chi connectivity index (χ4n) is 2.93. The number of hydrogen-bond acceptors (Lipinski definition) is 4. The molecule has 1 N–H and O–H groups in total. The molecule has 0 unspecified atom stereocenters. The number of aliphatic hydroxyl groups is 1. The molecule has 0 radical (unpaired) electrons. The van der Waals surface area contributed by atoms with Gasteiger partial charge < -0.3 is 9.63 Å². The number of nitrogens with zero attached hydrogens (tertiary/aromatic N) is 2. The molecule has 1 aliphatic heterocycles. The Morgan fingerprint density at radius 2 is 2.14 bits per heavy atom. The quantitative estimate of drug-likeness (QED) is 0.941. The minimum atomic E-state index is -0.582. The summed E-state index contributed by atoms with van der Waals surface area (Å²) in [7, 11) is 0. The van der Waals surface area contributed by atoms with Crippen LogP contribution in [0.4, 0.5) is 8.78 Å². The molecule has 6 heteroatoms. The third-order valence-corrected chi connectivity index (χ3v) is 4.03. The number of likely N-dealkylation sites (tertiary alicyclic amines) is 1. The van der Waals surface area contributed by atoms with E-state index in [-0.39, 0.29) is 5.92 Å². The molecule has 1 fully saturated rings. The molecular formula is C16H18F2N2O2. The van der Waals surface area contributed by atoms with E-state index in [1.165, 1.54) is 12.1 Å². The molecule has 1 aliphatic rings. The zero-order valence-electron chi connectivity index (χ0n) is 12.3. The Labute approximate surface area is 127 Å². The Morgan fingerprint density at radius 1 is 1.32 bits per heavy atom. The van der Waals surface area contributed by atoms with E-state index in [1.54, 1.807) is 0 Å². The highest BCUT2D eigenvalue weighted by molar-refractivity contribution is 5.18. The lowest BCUT2D eigenvalue weighted by Gasteiger charge is -2.15. The van der Waals surface area contributed by atoms with E-state index in [2.05, 4.69) is 5.16 Å². The topological polar surface area (TPSA) is 49.5 Å². The van der Waals surface area contributed by atoms with E-state index in [4.69, 9.17) is 4.52 Å². The third kappa shape index (κ3) is 3.34. The zero-order valence-corrected chi connectivity index (χ0v) is 12.3. The minimum Gasteiger partial charge on any atom is -0.391 e. The van der Waals surface area contributed by atoms with E-state index in [0.29, 0.717) is 31.6 Å². The maximum Gasteiger partial charge on any atom is 0.137 e. The van der Waals surface area contributed by atoms with Gasteiger partial charge in [0.15, 0.2) is 0 Å². The van der Waals surface area contributed by atoms with Crippen LogP contribution in [-0.4, -0.2) is 34.4 Å². The molecule has 1 aromatic heterocycles. The number of β-amino-alcohol motifs (C(OH)–C–C–N with tert-alkyl or cyclic N) is 1. The lowest BCUT2D eigenvalue weighted by molar-refractivity contribution is 0.137. The highest BCUT2D eigenvalue weighted by atomic mass is 19.1. The van der Waals surface area contributed by atoms with Crippen LogP contribution in [0.3, 0.4) is 0 Å². The van der Waals surface area contributed by atoms with Crippen molar-refractivity contribution in [2.75, 3.05) is 13.1 Å². The molecule has 2 heterocycles. The molecule has 2 aromatic rings. The maximum atomic E-state index is 13.7. The average Bonchev–Trinajstić information content (AvgIpc) is 3.00. The molecule has 2 atom stereocenters. The average molecular weight is 308 g/mol. The van der Waals surface area contributed by atoms with Gasteiger partial charge in [-0.3, -0.25) is 4.90 Å². The summed E-state index contributed by atoms with van der Waals surface area (Å²) in [4.78, 5) is 1.97. The summed E-state index contributed by atoms with van der Waals surface area (Å²) in [5.41, 5.74) is 1.25. The zero-order chi connectivity index (χ0) is 15.7. The van der Waals surface area contributed by atoms with Crippen LogP contribution in [0.2, 0.25) is 0 Å². The number of aromatic nitrogens is 1. The van der Waals surface area contributed by atoms with Crippen molar-refractivity contribution in [2.24, 2.45) is 5.92 Å². The van der Waals surface area contributed by atoms with Crippen LogP contribution in [0.15, 0.2) is 28.8 Å². The van der Waals surface area contributed by atoms with Crippen LogP contribution in [0, 0.1) is 24.5 Å². The highest BCUT2D eigenvalue weighted by Gasteiger charge is 2.32. The van der Waals surface area contributed by atoms with Gasteiger partial charge in [-0.25, -0.2) is 8.78 Å². The molecule has 0 bridgehead atoms. The molecule has 0 aliphatic carbocycles. The van der Waals surface area contributed by atoms with Gasteiger partial charge in [-0.05, 0) is 13.0 Å². The SMILES string of the molecule is Cc1cc(C[C@@H]2CN(Cc3ccc(F)cc3F)C[C@@H]2O)on1. The van der Waals surface area contributed by atoms with E-state index in [9.17, 15) is 13.9 Å². The molecule has 3 rings (SSSR count). The minimum absolute atomic E-state index is 0.0239. The monoisotopic (exact) mass is 308 g/mol. The normalized spacial score (nSPS) is 22.4. The first kappa shape index (κ1) is 15.1. The van der Waals surface area contributed by atoms with Crippen molar-refractivity contribution in [1.82, 2.24) is 10.1 Å². The lowest BCUT2D eigenvalue weighted by Crippen LogP contribution is -2.22. The van der Waals surface area contributed by atoms with Crippen LogP contribution in [-0.2, 0) is 13.0 Å². The van der Waals surface area contributed by atoms with Crippen molar-refractivity contribution in [2.45, 2.75) is 26.0 Å². The molecule has 22 heavy (non-hydrogen) atoms. The van der Waals surface area contributed by atoms with Gasteiger partial charge in [0.05, 0.1) is 11.8 Å². The molecule has 1 aromatic carbocycles. The number of halogens is 2. The second kappa shape index (κ2) is 6.14. The van der Waals surface area contributed by atoms with Gasteiger partial charge in [0.2, 0.25) is 0 Å². The number of rotatable bonds is 4. The van der Waals surface area contributed by atoms with Crippen molar-refractivity contribution in [1.29, 1.82) is 0 Å². The van der Waals surface area contributed by atoms with Crippen molar-refractivity contribution in [3.05, 3.63) is 52.9 Å². The summed E-state index contributed by atoms with van der Waals surface area (Å²) in [6.45, 7) is 3.31. The van der Waals surface area contributed by atoms with Crippen LogP contribution < -0.4 is 0 Å². The van der Waals surface area contributed by atoms with Gasteiger partial charge in [0.25, 0.3) is 0 Å². The third-order valence-electron chi connectivity index (χ3n) is 4.03. The van der Waals surface area contributed by atoms with E-state index in [0.717, 1.165) is 17.5 Å². The second-order valence-corrected chi connectivity index (χ2v) is 5.90. The predicted molar refractivity (Wildman–Crippen MR) is 76.1 cm³/mol. The number of aryl methyl sites for hydroxylation is 1. The predicted octanol–water partition coefficient (Wildman–Crippen LogP) is 2.30. The van der Waals surface area contributed by atoms with E-state index >= 15 is 0 Å². The number of hydrogen-bond donors (Lipinski definition) is 1. The van der Waals surface area contributed by atoms with Crippen LogP contribution in [0.25, 0.3) is 0 Å². The van der Waals surface area contributed by atoms with Crippen LogP contribution in [0.5, 0.6) is 0 Å². The maximum absolute atomic E-state index is 13.7. The smallest absolute Gasteiger partial charge is 0.137 e. The summed E-state index contributed by atoms with van der Waals surface area (Å²) in [5.74, 6) is -0.364. The summed E-state index contributed by atoms with van der Waals surface area (Å²) in [6.07, 6.45) is 0.110. The van der Waals surface area contributed by atoms with Crippen LogP contribution >= 0.6 is 0 Å². The number of benzene rings is 1.